The molecule has 16 nitrogen and oxygen atoms in total. The Morgan fingerprint density at radius 2 is 1.47 bits per heavy atom. The van der Waals surface area contributed by atoms with Gasteiger partial charge in [0.1, 0.15) is 22.8 Å². The Hall–Kier alpha value is -2.81. The van der Waals surface area contributed by atoms with Crippen LogP contribution >= 0.6 is 33.3 Å². The molecule has 4 amide bonds. The molecule has 1 aromatic heterocycles. The minimum Gasteiger partial charge on any atom is -0.456 e. The first-order valence-corrected chi connectivity index (χ1v) is 24.2. The molecule has 0 saturated carbocycles. The normalized spacial score (nSPS) is 17.2. The van der Waals surface area contributed by atoms with Crippen molar-refractivity contribution in [3.63, 3.8) is 0 Å². The number of anilines is 1. The average Bonchev–Trinajstić information content (AvgIpc) is 3.76. The number of aryl methyl sites for hydroxylation is 1. The van der Waals surface area contributed by atoms with E-state index in [0.717, 1.165) is 48.5 Å². The number of unbranched alkanes of at least 4 members (excludes halogenated alkanes) is 1. The van der Waals surface area contributed by atoms with Crippen molar-refractivity contribution in [3.05, 3.63) is 23.4 Å². The Balaban J connectivity index is 1.01. The Bertz CT molecular complexity index is 1440. The van der Waals surface area contributed by atoms with Gasteiger partial charge in [0.25, 0.3) is 0 Å². The van der Waals surface area contributed by atoms with Gasteiger partial charge in [-0.2, -0.15) is 11.8 Å². The fourth-order valence-electron chi connectivity index (χ4n) is 6.06. The Morgan fingerprint density at radius 3 is 2.19 bits per heavy atom. The molecule has 2 saturated heterocycles. The van der Waals surface area contributed by atoms with Crippen LogP contribution in [0.2, 0.25) is 0 Å². The lowest BCUT2D eigenvalue weighted by Crippen LogP contribution is -2.36. The lowest BCUT2D eigenvalue weighted by atomic mass is 10.0. The summed E-state index contributed by atoms with van der Waals surface area (Å²) < 4.78 is 27.5. The van der Waals surface area contributed by atoms with Crippen LogP contribution in [0.1, 0.15) is 88.1 Å². The number of nitrogens with zero attached hydrogens (tertiary/aromatic N) is 1. The second kappa shape index (κ2) is 29.4. The van der Waals surface area contributed by atoms with Gasteiger partial charge in [-0.05, 0) is 58.1 Å². The zero-order chi connectivity index (χ0) is 42.7. The zero-order valence-electron chi connectivity index (χ0n) is 35.2. The molecule has 19 heteroatoms. The van der Waals surface area contributed by atoms with Crippen LogP contribution in [0.4, 0.5) is 10.6 Å². The van der Waals surface area contributed by atoms with Crippen LogP contribution in [0, 0.1) is 0 Å². The molecule has 2 aliphatic heterocycles. The van der Waals surface area contributed by atoms with E-state index in [4.69, 9.17) is 23.7 Å². The van der Waals surface area contributed by atoms with Crippen molar-refractivity contribution in [1.82, 2.24) is 26.3 Å². The number of ether oxygens (including phenoxy) is 5. The molecule has 3 atom stereocenters. The van der Waals surface area contributed by atoms with Crippen molar-refractivity contribution in [2.75, 3.05) is 95.6 Å². The lowest BCUT2D eigenvalue weighted by molar-refractivity contribution is -0.122. The molecule has 2 aliphatic rings. The summed E-state index contributed by atoms with van der Waals surface area (Å²) in [4.78, 5) is 65.0. The summed E-state index contributed by atoms with van der Waals surface area (Å²) in [6.07, 6.45) is 7.39. The predicted octanol–water partition coefficient (Wildman–Crippen LogP) is 4.16. The number of hydrogen-bond acceptors (Lipinski definition) is 15. The van der Waals surface area contributed by atoms with Gasteiger partial charge < -0.3 is 50.3 Å². The van der Waals surface area contributed by atoms with E-state index in [-0.39, 0.29) is 42.1 Å². The van der Waals surface area contributed by atoms with Crippen molar-refractivity contribution in [2.24, 2.45) is 0 Å². The highest BCUT2D eigenvalue weighted by Crippen LogP contribution is 2.33. The number of carbonyl (C=O) groups excluding carboxylic acids is 5. The number of carbonyl (C=O) groups is 5. The van der Waals surface area contributed by atoms with Crippen molar-refractivity contribution < 1.29 is 47.7 Å². The second-order valence-corrected chi connectivity index (χ2v) is 19.0. The summed E-state index contributed by atoms with van der Waals surface area (Å²) in [6.45, 7) is 9.85. The van der Waals surface area contributed by atoms with E-state index in [0.29, 0.717) is 108 Å². The molecule has 1 aromatic rings. The molecule has 3 unspecified atom stereocenters. The molecule has 2 fully saturated rings. The topological polar surface area (TPSA) is 205 Å². The number of aromatic nitrogens is 1. The molecule has 59 heavy (non-hydrogen) atoms. The number of thioether (sulfide) groups is 1. The fourth-order valence-corrected chi connectivity index (χ4v) is 9.59. The van der Waals surface area contributed by atoms with Gasteiger partial charge in [-0.15, -0.1) is 0 Å². The number of ketones is 1. The van der Waals surface area contributed by atoms with Gasteiger partial charge in [0, 0.05) is 74.5 Å². The summed E-state index contributed by atoms with van der Waals surface area (Å²) in [5, 5.41) is 15.1. The maximum absolute atomic E-state index is 12.6. The number of nitrogens with one attached hydrogen (secondary N) is 5. The Kier molecular flexibility index (Phi) is 25.2. The first kappa shape index (κ1) is 50.5. The van der Waals surface area contributed by atoms with E-state index in [1.165, 1.54) is 0 Å². The van der Waals surface area contributed by atoms with Crippen LogP contribution in [0.15, 0.2) is 12.3 Å². The number of fused-ring (bicyclic) bond motifs is 1. The highest BCUT2D eigenvalue weighted by atomic mass is 33.1. The third-order valence-electron chi connectivity index (χ3n) is 9.01. The number of urea groups is 1. The minimum absolute atomic E-state index is 0.0302. The smallest absolute Gasteiger partial charge is 0.342 e. The summed E-state index contributed by atoms with van der Waals surface area (Å²) >= 11 is 1.89. The second-order valence-electron chi connectivity index (χ2n) is 15.0. The highest BCUT2D eigenvalue weighted by molar-refractivity contribution is 8.76. The summed E-state index contributed by atoms with van der Waals surface area (Å²) in [5.74, 6) is 2.69. The largest absolute Gasteiger partial charge is 0.456 e. The van der Waals surface area contributed by atoms with Gasteiger partial charge in [-0.3, -0.25) is 14.4 Å². The van der Waals surface area contributed by atoms with Crippen LogP contribution in [-0.4, -0.2) is 148 Å². The quantitative estimate of drug-likeness (QED) is 0.0291. The van der Waals surface area contributed by atoms with E-state index in [1.807, 2.05) is 32.5 Å². The molecule has 0 aliphatic carbocycles. The van der Waals surface area contributed by atoms with Crippen LogP contribution in [0.3, 0.4) is 0 Å². The molecule has 3 rings (SSSR count). The van der Waals surface area contributed by atoms with Gasteiger partial charge in [0.15, 0.2) is 0 Å². The molecular weight excluding hydrogens is 821 g/mol. The number of amides is 4. The average molecular weight is 887 g/mol. The molecule has 0 radical (unpaired) electrons. The van der Waals surface area contributed by atoms with E-state index in [1.54, 1.807) is 40.9 Å². The van der Waals surface area contributed by atoms with E-state index in [2.05, 4.69) is 31.6 Å². The molecule has 5 N–H and O–H groups in total. The number of esters is 1. The zero-order valence-corrected chi connectivity index (χ0v) is 37.6. The van der Waals surface area contributed by atoms with E-state index in [9.17, 15) is 24.0 Å². The van der Waals surface area contributed by atoms with E-state index < -0.39 is 11.6 Å². The summed E-state index contributed by atoms with van der Waals surface area (Å²) in [5.41, 5.74) is 0.503. The number of rotatable bonds is 33. The van der Waals surface area contributed by atoms with Crippen molar-refractivity contribution in [3.8, 4) is 0 Å². The highest BCUT2D eigenvalue weighted by Gasteiger charge is 2.42. The molecule has 0 aromatic carbocycles. The van der Waals surface area contributed by atoms with Gasteiger partial charge in [-0.25, -0.2) is 14.6 Å². The lowest BCUT2D eigenvalue weighted by Gasteiger charge is -2.20. The number of pyridine rings is 1. The first-order valence-electron chi connectivity index (χ1n) is 20.6. The first-order chi connectivity index (χ1) is 28.4. The monoisotopic (exact) mass is 886 g/mol. The van der Waals surface area contributed by atoms with E-state index >= 15 is 0 Å². The van der Waals surface area contributed by atoms with Crippen LogP contribution < -0.4 is 26.6 Å². The molecule has 0 spiro atoms. The maximum atomic E-state index is 12.6. The SMILES string of the molecule is CNc1ncc(CCC(=O)NCCSSCCCC(=O)CCOCCOCCOCCOCCNC(=O)CCCCC2SCC3NC(=O)NC32)cc1C(=O)OC(C)(C)C. The van der Waals surface area contributed by atoms with Crippen molar-refractivity contribution in [1.29, 1.82) is 0 Å². The number of hydrogen-bond donors (Lipinski definition) is 5. The van der Waals surface area contributed by atoms with Gasteiger partial charge in [0.05, 0.1) is 64.9 Å². The molecular formula is C40H66N6O10S3. The maximum Gasteiger partial charge on any atom is 0.342 e. The predicted molar refractivity (Wildman–Crippen MR) is 234 cm³/mol. The van der Waals surface area contributed by atoms with Crippen LogP contribution in [0.25, 0.3) is 0 Å². The summed E-state index contributed by atoms with van der Waals surface area (Å²) in [6, 6.07) is 2.10. The Morgan fingerprint density at radius 1 is 0.814 bits per heavy atom. The third-order valence-corrected chi connectivity index (χ3v) is 13.0. The van der Waals surface area contributed by atoms with Crippen LogP contribution in [-0.2, 0) is 44.5 Å². The summed E-state index contributed by atoms with van der Waals surface area (Å²) in [7, 11) is 5.05. The molecule has 0 bridgehead atoms. The minimum atomic E-state index is -0.625. The number of Topliss-reactive ketones (excluding diaryl/α,β-unsaturated/α-hetero) is 1. The third kappa shape index (κ3) is 22.6. The molecule has 3 heterocycles. The standard InChI is InChI=1S/C40H66N6O10S3/c1-40(2,3)56-38(50)31-26-29(27-44-37(31)41-4)11-12-35(49)43-15-25-59-58-24-7-8-30(47)13-16-52-18-20-54-22-23-55-21-19-53-17-14-42-34(48)10-6-5-9-33-36-32(28-57-33)45-39(51)46-36/h26-27,32-33,36H,5-25,28H2,1-4H3,(H,41,44)(H,42,48)(H,43,49)(H2,45,46,51). The van der Waals surface area contributed by atoms with Crippen LogP contribution in [0.5, 0.6) is 0 Å². The van der Waals surface area contributed by atoms with Gasteiger partial charge in [0.2, 0.25) is 11.8 Å². The van der Waals surface area contributed by atoms with Crippen molar-refractivity contribution in [2.45, 2.75) is 101 Å². The Labute approximate surface area is 361 Å². The molecule has 334 valence electrons. The van der Waals surface area contributed by atoms with Gasteiger partial charge >= 0.3 is 12.0 Å². The fraction of sp³-hybridized carbons (Fsp3) is 0.750. The van der Waals surface area contributed by atoms with Crippen molar-refractivity contribution >= 4 is 68.8 Å². The van der Waals surface area contributed by atoms with Gasteiger partial charge in [-0.1, -0.05) is 28.0 Å².